The summed E-state index contributed by atoms with van der Waals surface area (Å²) in [6.45, 7) is 0. The van der Waals surface area contributed by atoms with Crippen LogP contribution in [0.3, 0.4) is 0 Å². The number of rotatable bonds is 4. The van der Waals surface area contributed by atoms with Crippen LogP contribution in [0.1, 0.15) is 17.3 Å². The molecule has 116 valence electrons. The zero-order valence-corrected chi connectivity index (χ0v) is 12.1. The second kappa shape index (κ2) is 7.11. The molecule has 0 saturated heterocycles. The number of phenols is 2. The van der Waals surface area contributed by atoms with E-state index in [1.807, 2.05) is 6.07 Å². The van der Waals surface area contributed by atoms with Gasteiger partial charge in [-0.3, -0.25) is 4.79 Å². The Bertz CT molecular complexity index is 779. The molecule has 6 nitrogen and oxygen atoms in total. The average molecular weight is 309 g/mol. The summed E-state index contributed by atoms with van der Waals surface area (Å²) in [5.74, 6) is -1.25. The zero-order valence-electron chi connectivity index (χ0n) is 12.1. The number of hydrogen-bond donors (Lipinski definition) is 4. The van der Waals surface area contributed by atoms with E-state index in [1.165, 1.54) is 24.3 Å². The van der Waals surface area contributed by atoms with Gasteiger partial charge in [-0.25, -0.2) is 0 Å². The maximum Gasteiger partial charge on any atom is 0.263 e. The number of benzene rings is 2. The fourth-order valence-electron chi connectivity index (χ4n) is 1.91. The number of nitrogens with zero attached hydrogens (tertiary/aromatic N) is 1. The molecule has 5 N–H and O–H groups in total. The maximum atomic E-state index is 12.1. The Hall–Kier alpha value is -3.30. The summed E-state index contributed by atoms with van der Waals surface area (Å²) in [6, 6.07) is 14.7. The average Bonchev–Trinajstić information content (AvgIpc) is 2.56. The molecule has 0 spiro atoms. The van der Waals surface area contributed by atoms with E-state index in [9.17, 15) is 15.0 Å². The Morgan fingerprint density at radius 1 is 1.17 bits per heavy atom. The molecule has 6 heteroatoms. The van der Waals surface area contributed by atoms with Crippen LogP contribution >= 0.6 is 0 Å². The minimum absolute atomic E-state index is 0.165. The Morgan fingerprint density at radius 3 is 2.48 bits per heavy atom. The van der Waals surface area contributed by atoms with Crippen LogP contribution < -0.4 is 11.1 Å². The lowest BCUT2D eigenvalue weighted by molar-refractivity contribution is -0.117. The monoisotopic (exact) mass is 309 g/mol. The molecule has 0 aliphatic carbocycles. The van der Waals surface area contributed by atoms with Gasteiger partial charge in [0.1, 0.15) is 17.8 Å². The van der Waals surface area contributed by atoms with Crippen LogP contribution in [-0.2, 0) is 4.79 Å². The van der Waals surface area contributed by atoms with E-state index >= 15 is 0 Å². The van der Waals surface area contributed by atoms with Crippen molar-refractivity contribution < 1.29 is 15.0 Å². The minimum atomic E-state index is -0.742. The molecule has 2 rings (SSSR count). The molecular formula is C17H15N3O3. The fraction of sp³-hybridized carbons (Fsp3) is 0.0588. The summed E-state index contributed by atoms with van der Waals surface area (Å²) in [5, 5.41) is 30.4. The van der Waals surface area contributed by atoms with E-state index in [0.29, 0.717) is 11.1 Å². The second-order valence-corrected chi connectivity index (χ2v) is 4.78. The Balaban J connectivity index is 2.17. The number of nitrogens with two attached hydrogens (primary N) is 1. The van der Waals surface area contributed by atoms with Crippen molar-refractivity contribution in [3.05, 3.63) is 65.2 Å². The van der Waals surface area contributed by atoms with Gasteiger partial charge in [0.25, 0.3) is 5.91 Å². The highest BCUT2D eigenvalue weighted by Gasteiger charge is 2.14. The third-order valence-electron chi connectivity index (χ3n) is 3.12. The first kappa shape index (κ1) is 16.1. The van der Waals surface area contributed by atoms with Crippen molar-refractivity contribution in [1.82, 2.24) is 5.32 Å². The summed E-state index contributed by atoms with van der Waals surface area (Å²) in [4.78, 5) is 12.1. The van der Waals surface area contributed by atoms with E-state index < -0.39 is 12.1 Å². The number of nitriles is 1. The third-order valence-corrected chi connectivity index (χ3v) is 3.12. The van der Waals surface area contributed by atoms with Crippen LogP contribution in [0.5, 0.6) is 11.5 Å². The third kappa shape index (κ3) is 4.09. The SMILES string of the molecule is N#C/C(=C\c1ccc(O)c(O)c1)C(=O)N[C@H](N)c1ccccc1. The van der Waals surface area contributed by atoms with Gasteiger partial charge in [0.05, 0.1) is 0 Å². The second-order valence-electron chi connectivity index (χ2n) is 4.78. The quantitative estimate of drug-likeness (QED) is 0.297. The van der Waals surface area contributed by atoms with Crippen molar-refractivity contribution in [2.75, 3.05) is 0 Å². The molecule has 0 fully saturated rings. The van der Waals surface area contributed by atoms with Crippen molar-refractivity contribution in [3.63, 3.8) is 0 Å². The number of carbonyl (C=O) groups excluding carboxylic acids is 1. The first-order valence-corrected chi connectivity index (χ1v) is 6.76. The highest BCUT2D eigenvalue weighted by Crippen LogP contribution is 2.25. The fourth-order valence-corrected chi connectivity index (χ4v) is 1.91. The summed E-state index contributed by atoms with van der Waals surface area (Å²) in [6.07, 6.45) is 0.556. The molecule has 1 amide bonds. The van der Waals surface area contributed by atoms with Gasteiger partial charge in [0.2, 0.25) is 0 Å². The predicted molar refractivity (Wildman–Crippen MR) is 84.9 cm³/mol. The molecule has 0 aromatic heterocycles. The normalized spacial score (nSPS) is 12.3. The van der Waals surface area contributed by atoms with Crippen molar-refractivity contribution in [2.45, 2.75) is 6.17 Å². The van der Waals surface area contributed by atoms with Gasteiger partial charge in [-0.05, 0) is 29.3 Å². The van der Waals surface area contributed by atoms with Gasteiger partial charge in [0.15, 0.2) is 11.5 Å². The summed E-state index contributed by atoms with van der Waals surface area (Å²) < 4.78 is 0. The number of carbonyl (C=O) groups is 1. The Labute approximate surface area is 133 Å². The molecule has 0 bridgehead atoms. The van der Waals surface area contributed by atoms with E-state index in [0.717, 1.165) is 0 Å². The molecule has 23 heavy (non-hydrogen) atoms. The molecule has 2 aromatic rings. The van der Waals surface area contributed by atoms with Crippen molar-refractivity contribution >= 4 is 12.0 Å². The van der Waals surface area contributed by atoms with Crippen molar-refractivity contribution in [3.8, 4) is 17.6 Å². The number of phenolic OH excluding ortho intramolecular Hbond substituents is 2. The summed E-state index contributed by atoms with van der Waals surface area (Å²) >= 11 is 0. The molecule has 2 aromatic carbocycles. The van der Waals surface area contributed by atoms with Gasteiger partial charge in [-0.15, -0.1) is 0 Å². The van der Waals surface area contributed by atoms with Gasteiger partial charge in [-0.2, -0.15) is 5.26 Å². The standard InChI is InChI=1S/C17H15N3O3/c18-10-13(8-11-6-7-14(21)15(22)9-11)17(23)20-16(19)12-4-2-1-3-5-12/h1-9,16,21-22H,19H2,(H,20,23)/b13-8+/t16-/m0/s1. The van der Waals surface area contributed by atoms with Gasteiger partial charge < -0.3 is 21.3 Å². The van der Waals surface area contributed by atoms with Crippen LogP contribution in [0.2, 0.25) is 0 Å². The number of aromatic hydroxyl groups is 2. The van der Waals surface area contributed by atoms with Crippen molar-refractivity contribution in [1.29, 1.82) is 5.26 Å². The predicted octanol–water partition coefficient (Wildman–Crippen LogP) is 1.78. The lowest BCUT2D eigenvalue weighted by Crippen LogP contribution is -2.34. The smallest absolute Gasteiger partial charge is 0.263 e. The minimum Gasteiger partial charge on any atom is -0.504 e. The maximum absolute atomic E-state index is 12.1. The Morgan fingerprint density at radius 2 is 1.87 bits per heavy atom. The number of hydrogen-bond acceptors (Lipinski definition) is 5. The largest absolute Gasteiger partial charge is 0.504 e. The van der Waals surface area contributed by atoms with E-state index in [1.54, 1.807) is 30.3 Å². The number of nitrogens with one attached hydrogen (secondary N) is 1. The molecule has 0 radical (unpaired) electrons. The highest BCUT2D eigenvalue weighted by atomic mass is 16.3. The van der Waals surface area contributed by atoms with E-state index in [-0.39, 0.29) is 17.1 Å². The number of amides is 1. The summed E-state index contributed by atoms with van der Waals surface area (Å²) in [5.41, 5.74) is 6.83. The van der Waals surface area contributed by atoms with Crippen LogP contribution in [0.15, 0.2) is 54.1 Å². The molecular weight excluding hydrogens is 294 g/mol. The molecule has 1 atom stereocenters. The lowest BCUT2D eigenvalue weighted by Gasteiger charge is -2.13. The van der Waals surface area contributed by atoms with Crippen LogP contribution in [0.25, 0.3) is 6.08 Å². The van der Waals surface area contributed by atoms with Crippen LogP contribution in [-0.4, -0.2) is 16.1 Å². The molecule has 0 saturated carbocycles. The molecule has 0 aliphatic rings. The lowest BCUT2D eigenvalue weighted by atomic mass is 10.1. The van der Waals surface area contributed by atoms with Crippen LogP contribution in [0.4, 0.5) is 0 Å². The first-order valence-electron chi connectivity index (χ1n) is 6.76. The Kier molecular flexibility index (Phi) is 4.97. The highest BCUT2D eigenvalue weighted by molar-refractivity contribution is 6.01. The van der Waals surface area contributed by atoms with Crippen molar-refractivity contribution in [2.24, 2.45) is 5.73 Å². The molecule has 0 unspecified atom stereocenters. The summed E-state index contributed by atoms with van der Waals surface area (Å²) in [7, 11) is 0. The molecule has 0 aliphatic heterocycles. The molecule has 0 heterocycles. The zero-order chi connectivity index (χ0) is 16.8. The van der Waals surface area contributed by atoms with Crippen LogP contribution in [0, 0.1) is 11.3 Å². The van der Waals surface area contributed by atoms with E-state index in [4.69, 9.17) is 11.0 Å². The topological polar surface area (TPSA) is 119 Å². The van der Waals surface area contributed by atoms with E-state index in [2.05, 4.69) is 5.32 Å². The first-order chi connectivity index (χ1) is 11.0. The van der Waals surface area contributed by atoms with Gasteiger partial charge in [0, 0.05) is 0 Å². The van der Waals surface area contributed by atoms with Gasteiger partial charge >= 0.3 is 0 Å². The van der Waals surface area contributed by atoms with Gasteiger partial charge in [-0.1, -0.05) is 36.4 Å².